The fraction of sp³-hybridized carbons (Fsp3) is 0.308. The second-order valence-electron chi connectivity index (χ2n) is 9.49. The summed E-state index contributed by atoms with van der Waals surface area (Å²) in [5.41, 5.74) is 4.29. The maximum Gasteiger partial charge on any atom is 0.261 e. The SMILES string of the molecule is Cc1ccccc1CNC(=O)c1ccc(-c2cnc3[nH]cc(C(=O)N[C@@H](C)C(C)(C)C)c3n2)s1. The highest BCUT2D eigenvalue weighted by atomic mass is 32.1. The summed E-state index contributed by atoms with van der Waals surface area (Å²) in [6.45, 7) is 10.7. The Morgan fingerprint density at radius 3 is 2.62 bits per heavy atom. The van der Waals surface area contributed by atoms with Gasteiger partial charge < -0.3 is 15.6 Å². The smallest absolute Gasteiger partial charge is 0.261 e. The van der Waals surface area contributed by atoms with Crippen molar-refractivity contribution in [3.63, 3.8) is 0 Å². The summed E-state index contributed by atoms with van der Waals surface area (Å²) in [5, 5.41) is 6.03. The third-order valence-corrected chi connectivity index (χ3v) is 7.16. The fourth-order valence-corrected chi connectivity index (χ4v) is 4.22. The van der Waals surface area contributed by atoms with Crippen LogP contribution in [-0.2, 0) is 6.54 Å². The van der Waals surface area contributed by atoms with Gasteiger partial charge in [0.1, 0.15) is 5.52 Å². The number of aryl methyl sites for hydroxylation is 1. The topological polar surface area (TPSA) is 99.8 Å². The number of amides is 2. The predicted octanol–water partition coefficient (Wildman–Crippen LogP) is 5.09. The Morgan fingerprint density at radius 2 is 1.88 bits per heavy atom. The van der Waals surface area contributed by atoms with Gasteiger partial charge >= 0.3 is 0 Å². The molecule has 0 aliphatic heterocycles. The van der Waals surface area contributed by atoms with E-state index in [9.17, 15) is 9.59 Å². The third kappa shape index (κ3) is 5.02. The maximum atomic E-state index is 12.9. The van der Waals surface area contributed by atoms with E-state index in [2.05, 4.69) is 41.4 Å². The summed E-state index contributed by atoms with van der Waals surface area (Å²) in [4.78, 5) is 39.1. The Kier molecular flexibility index (Phi) is 6.52. The molecule has 1 atom stereocenters. The molecule has 0 saturated carbocycles. The molecule has 4 aromatic rings. The van der Waals surface area contributed by atoms with Gasteiger partial charge in [-0.05, 0) is 42.5 Å². The van der Waals surface area contributed by atoms with Crippen molar-refractivity contribution >= 4 is 34.3 Å². The van der Waals surface area contributed by atoms with Gasteiger partial charge in [0, 0.05) is 18.8 Å². The van der Waals surface area contributed by atoms with Crippen LogP contribution in [0.4, 0.5) is 0 Å². The molecular weight excluding hydrogens is 446 g/mol. The molecule has 0 spiro atoms. The zero-order valence-electron chi connectivity index (χ0n) is 20.0. The van der Waals surface area contributed by atoms with E-state index in [1.807, 2.05) is 44.2 Å². The van der Waals surface area contributed by atoms with Crippen molar-refractivity contribution in [3.05, 3.63) is 70.4 Å². The Balaban J connectivity index is 1.52. The van der Waals surface area contributed by atoms with E-state index < -0.39 is 0 Å². The van der Waals surface area contributed by atoms with E-state index in [0.29, 0.717) is 33.8 Å². The molecule has 8 heteroatoms. The van der Waals surface area contributed by atoms with Gasteiger partial charge in [0.15, 0.2) is 5.65 Å². The van der Waals surface area contributed by atoms with Crippen LogP contribution in [-0.4, -0.2) is 32.8 Å². The van der Waals surface area contributed by atoms with Crippen molar-refractivity contribution < 1.29 is 9.59 Å². The summed E-state index contributed by atoms with van der Waals surface area (Å²) in [6.07, 6.45) is 3.29. The lowest BCUT2D eigenvalue weighted by Gasteiger charge is -2.27. The molecule has 0 aliphatic rings. The highest BCUT2D eigenvalue weighted by molar-refractivity contribution is 7.17. The minimum Gasteiger partial charge on any atom is -0.349 e. The summed E-state index contributed by atoms with van der Waals surface area (Å²) < 4.78 is 0. The molecule has 7 nitrogen and oxygen atoms in total. The minimum absolute atomic E-state index is 0.0147. The Bertz CT molecular complexity index is 1350. The second kappa shape index (κ2) is 9.38. The van der Waals surface area contributed by atoms with E-state index in [1.165, 1.54) is 11.3 Å². The van der Waals surface area contributed by atoms with Crippen LogP contribution in [0.15, 0.2) is 48.8 Å². The first-order chi connectivity index (χ1) is 16.1. The monoisotopic (exact) mass is 475 g/mol. The number of aromatic amines is 1. The molecule has 4 rings (SSSR count). The molecule has 3 heterocycles. The summed E-state index contributed by atoms with van der Waals surface area (Å²) in [5.74, 6) is -0.325. The molecule has 0 radical (unpaired) electrons. The second-order valence-corrected chi connectivity index (χ2v) is 10.6. The van der Waals surface area contributed by atoms with Crippen LogP contribution in [0.25, 0.3) is 21.7 Å². The van der Waals surface area contributed by atoms with Crippen LogP contribution in [0.1, 0.15) is 58.9 Å². The average Bonchev–Trinajstić information content (AvgIpc) is 3.45. The zero-order valence-corrected chi connectivity index (χ0v) is 20.8. The van der Waals surface area contributed by atoms with Crippen LogP contribution in [0.2, 0.25) is 0 Å². The van der Waals surface area contributed by atoms with Crippen molar-refractivity contribution in [2.24, 2.45) is 5.41 Å². The van der Waals surface area contributed by atoms with Gasteiger partial charge in [-0.3, -0.25) is 9.59 Å². The van der Waals surface area contributed by atoms with Gasteiger partial charge in [0.25, 0.3) is 11.8 Å². The molecular formula is C26H29N5O2S. The van der Waals surface area contributed by atoms with Gasteiger partial charge in [0.2, 0.25) is 0 Å². The number of thiophene rings is 1. The number of carbonyl (C=O) groups is 2. The summed E-state index contributed by atoms with van der Waals surface area (Å²) in [6, 6.07) is 11.6. The van der Waals surface area contributed by atoms with Crippen molar-refractivity contribution in [1.82, 2.24) is 25.6 Å². The Labute approximate surface area is 203 Å². The van der Waals surface area contributed by atoms with Crippen LogP contribution < -0.4 is 10.6 Å². The number of nitrogens with zero attached hydrogens (tertiary/aromatic N) is 2. The van der Waals surface area contributed by atoms with Gasteiger partial charge in [-0.2, -0.15) is 0 Å². The molecule has 2 amide bonds. The quantitative estimate of drug-likeness (QED) is 0.362. The fourth-order valence-electron chi connectivity index (χ4n) is 3.34. The van der Waals surface area contributed by atoms with Crippen LogP contribution >= 0.6 is 11.3 Å². The highest BCUT2D eigenvalue weighted by Gasteiger charge is 2.24. The number of hydrogen-bond donors (Lipinski definition) is 3. The van der Waals surface area contributed by atoms with E-state index in [0.717, 1.165) is 16.0 Å². The molecule has 0 unspecified atom stereocenters. The number of benzene rings is 1. The van der Waals surface area contributed by atoms with Crippen LogP contribution in [0.3, 0.4) is 0 Å². The number of hydrogen-bond acceptors (Lipinski definition) is 5. The summed E-state index contributed by atoms with van der Waals surface area (Å²) >= 11 is 1.35. The molecule has 3 N–H and O–H groups in total. The normalized spacial score (nSPS) is 12.5. The van der Waals surface area contributed by atoms with E-state index in [-0.39, 0.29) is 23.3 Å². The number of carbonyl (C=O) groups excluding carboxylic acids is 2. The van der Waals surface area contributed by atoms with Crippen molar-refractivity contribution in [2.75, 3.05) is 0 Å². The average molecular weight is 476 g/mol. The molecule has 0 aliphatic carbocycles. The minimum atomic E-state index is -0.192. The molecule has 34 heavy (non-hydrogen) atoms. The molecule has 0 saturated heterocycles. The Morgan fingerprint density at radius 1 is 1.12 bits per heavy atom. The van der Waals surface area contributed by atoms with Crippen molar-refractivity contribution in [2.45, 2.75) is 47.2 Å². The van der Waals surface area contributed by atoms with Crippen molar-refractivity contribution in [1.29, 1.82) is 0 Å². The molecule has 3 aromatic heterocycles. The lowest BCUT2D eigenvalue weighted by molar-refractivity contribution is 0.0910. The Hall–Kier alpha value is -3.52. The van der Waals surface area contributed by atoms with E-state index in [4.69, 9.17) is 4.98 Å². The van der Waals surface area contributed by atoms with E-state index in [1.54, 1.807) is 18.5 Å². The van der Waals surface area contributed by atoms with Gasteiger partial charge in [0.05, 0.1) is 27.2 Å². The third-order valence-electron chi connectivity index (χ3n) is 6.05. The molecule has 0 fully saturated rings. The standard InChI is InChI=1S/C26H29N5O2S/c1-15-8-6-7-9-17(15)12-29-25(33)21-11-10-20(34-21)19-14-28-23-22(31-19)18(13-27-23)24(32)30-16(2)26(3,4)5/h6-11,13-14,16H,12H2,1-5H3,(H,27,28)(H,29,33)(H,30,32)/t16-/m0/s1. The van der Waals surface area contributed by atoms with E-state index >= 15 is 0 Å². The van der Waals surface area contributed by atoms with Crippen LogP contribution in [0.5, 0.6) is 0 Å². The van der Waals surface area contributed by atoms with Gasteiger partial charge in [-0.1, -0.05) is 45.0 Å². The maximum absolute atomic E-state index is 12.9. The van der Waals surface area contributed by atoms with Crippen molar-refractivity contribution in [3.8, 4) is 10.6 Å². The number of H-pyrrole nitrogens is 1. The summed E-state index contributed by atoms with van der Waals surface area (Å²) in [7, 11) is 0. The number of rotatable bonds is 6. The molecule has 176 valence electrons. The molecule has 0 bridgehead atoms. The lowest BCUT2D eigenvalue weighted by atomic mass is 9.88. The van der Waals surface area contributed by atoms with Crippen LogP contribution in [0, 0.1) is 12.3 Å². The van der Waals surface area contributed by atoms with Gasteiger partial charge in [-0.15, -0.1) is 11.3 Å². The number of aromatic nitrogens is 3. The van der Waals surface area contributed by atoms with Gasteiger partial charge in [-0.25, -0.2) is 9.97 Å². The lowest BCUT2D eigenvalue weighted by Crippen LogP contribution is -2.41. The predicted molar refractivity (Wildman–Crippen MR) is 136 cm³/mol. The molecule has 1 aromatic carbocycles. The zero-order chi connectivity index (χ0) is 24.5. The largest absolute Gasteiger partial charge is 0.349 e. The number of nitrogens with one attached hydrogen (secondary N) is 3. The highest BCUT2D eigenvalue weighted by Crippen LogP contribution is 2.28. The first kappa shape index (κ1) is 23.6. The first-order valence-electron chi connectivity index (χ1n) is 11.2. The first-order valence-corrected chi connectivity index (χ1v) is 12.0. The number of fused-ring (bicyclic) bond motifs is 1.